The highest BCUT2D eigenvalue weighted by Crippen LogP contribution is 2.28. The predicted octanol–water partition coefficient (Wildman–Crippen LogP) is 5.67. The van der Waals surface area contributed by atoms with Crippen LogP contribution in [0.2, 0.25) is 0 Å². The number of allylic oxidation sites excluding steroid dienone is 1. The molecule has 2 aromatic carbocycles. The second-order valence-corrected chi connectivity index (χ2v) is 10.1. The van der Waals surface area contributed by atoms with Crippen LogP contribution in [0.25, 0.3) is 22.6 Å². The molecule has 0 unspecified atom stereocenters. The number of carbonyl (C=O) groups excluding carboxylic acids is 1. The molecule has 1 N–H and O–H groups in total. The van der Waals surface area contributed by atoms with Gasteiger partial charge in [-0.05, 0) is 43.2 Å². The van der Waals surface area contributed by atoms with Crippen molar-refractivity contribution in [1.29, 1.82) is 0 Å². The fraction of sp³-hybridized carbons (Fsp3) is 0.231. The molecule has 7 nitrogen and oxygen atoms in total. The van der Waals surface area contributed by atoms with Gasteiger partial charge in [-0.1, -0.05) is 42.1 Å². The zero-order valence-electron chi connectivity index (χ0n) is 20.3. The Morgan fingerprint density at radius 1 is 1.14 bits per heavy atom. The molecule has 0 atom stereocenters. The Morgan fingerprint density at radius 2 is 1.97 bits per heavy atom. The molecule has 0 fully saturated rings. The van der Waals surface area contributed by atoms with Gasteiger partial charge in [0.25, 0.3) is 0 Å². The van der Waals surface area contributed by atoms with Crippen LogP contribution in [0, 0.1) is 13.8 Å². The molecule has 0 saturated heterocycles. The Balaban J connectivity index is 1.44. The number of nitrogens with zero attached hydrogens (tertiary/aromatic N) is 5. The number of aryl methyl sites for hydroxylation is 2. The van der Waals surface area contributed by atoms with E-state index in [0.717, 1.165) is 28.3 Å². The van der Waals surface area contributed by atoms with Gasteiger partial charge in [-0.2, -0.15) is 0 Å². The lowest BCUT2D eigenvalue weighted by Crippen LogP contribution is -2.14. The van der Waals surface area contributed by atoms with Gasteiger partial charge in [-0.25, -0.2) is 4.98 Å². The molecule has 0 aliphatic heterocycles. The van der Waals surface area contributed by atoms with E-state index < -0.39 is 0 Å². The van der Waals surface area contributed by atoms with Crippen LogP contribution in [-0.4, -0.2) is 45.5 Å². The summed E-state index contributed by atoms with van der Waals surface area (Å²) in [5, 5.41) is 14.9. The van der Waals surface area contributed by atoms with Gasteiger partial charge in [0.2, 0.25) is 5.91 Å². The quantitative estimate of drug-likeness (QED) is 0.234. The number of hydrogen-bond acceptors (Lipinski definition) is 7. The summed E-state index contributed by atoms with van der Waals surface area (Å²) in [7, 11) is 4.00. The van der Waals surface area contributed by atoms with E-state index in [1.165, 1.54) is 34.2 Å². The van der Waals surface area contributed by atoms with E-state index in [9.17, 15) is 4.79 Å². The summed E-state index contributed by atoms with van der Waals surface area (Å²) in [5.74, 6) is 0.806. The molecule has 35 heavy (non-hydrogen) atoms. The lowest BCUT2D eigenvalue weighted by Gasteiger charge is -2.14. The van der Waals surface area contributed by atoms with Crippen LogP contribution in [0.3, 0.4) is 0 Å². The molecule has 0 aliphatic carbocycles. The van der Waals surface area contributed by atoms with Crippen molar-refractivity contribution in [2.45, 2.75) is 25.5 Å². The van der Waals surface area contributed by atoms with E-state index >= 15 is 0 Å². The van der Waals surface area contributed by atoms with E-state index in [1.807, 2.05) is 47.1 Å². The first-order valence-corrected chi connectivity index (χ1v) is 13.0. The SMILES string of the molecule is C=CCn1c(SCC(=O)Nc2nc(-c3ccc(C)c(C)c3)cs2)nnc1-c1cccc(N(C)C)c1. The van der Waals surface area contributed by atoms with Gasteiger partial charge in [0.05, 0.1) is 11.4 Å². The van der Waals surface area contributed by atoms with Gasteiger partial charge >= 0.3 is 0 Å². The number of aromatic nitrogens is 4. The van der Waals surface area contributed by atoms with Crippen molar-refractivity contribution in [2.75, 3.05) is 30.1 Å². The Bertz CT molecular complexity index is 1360. The first-order chi connectivity index (χ1) is 16.9. The van der Waals surface area contributed by atoms with E-state index in [4.69, 9.17) is 0 Å². The first-order valence-electron chi connectivity index (χ1n) is 11.1. The summed E-state index contributed by atoms with van der Waals surface area (Å²) in [4.78, 5) is 19.3. The van der Waals surface area contributed by atoms with Crippen molar-refractivity contribution < 1.29 is 4.79 Å². The molecule has 2 heterocycles. The monoisotopic (exact) mass is 504 g/mol. The third-order valence-electron chi connectivity index (χ3n) is 5.53. The number of anilines is 2. The average molecular weight is 505 g/mol. The molecular weight excluding hydrogens is 476 g/mol. The molecule has 180 valence electrons. The van der Waals surface area contributed by atoms with Gasteiger partial charge in [0.15, 0.2) is 16.1 Å². The number of thiazole rings is 1. The largest absolute Gasteiger partial charge is 0.378 e. The third kappa shape index (κ3) is 5.80. The van der Waals surface area contributed by atoms with E-state index in [1.54, 1.807) is 6.08 Å². The van der Waals surface area contributed by atoms with Crippen LogP contribution in [0.15, 0.2) is 65.7 Å². The Hall–Kier alpha value is -3.43. The number of thioether (sulfide) groups is 1. The smallest absolute Gasteiger partial charge is 0.236 e. The van der Waals surface area contributed by atoms with Crippen molar-refractivity contribution >= 4 is 39.8 Å². The zero-order valence-corrected chi connectivity index (χ0v) is 21.9. The van der Waals surface area contributed by atoms with Gasteiger partial charge in [-0.15, -0.1) is 28.1 Å². The van der Waals surface area contributed by atoms with Crippen LogP contribution in [0.4, 0.5) is 10.8 Å². The van der Waals surface area contributed by atoms with Crippen LogP contribution >= 0.6 is 23.1 Å². The fourth-order valence-electron chi connectivity index (χ4n) is 3.48. The number of hydrogen-bond donors (Lipinski definition) is 1. The van der Waals surface area contributed by atoms with Crippen molar-refractivity contribution in [2.24, 2.45) is 0 Å². The molecule has 0 bridgehead atoms. The summed E-state index contributed by atoms with van der Waals surface area (Å²) in [5.41, 5.74) is 6.40. The summed E-state index contributed by atoms with van der Waals surface area (Å²) in [6.45, 7) is 8.58. The normalized spacial score (nSPS) is 10.9. The fourth-order valence-corrected chi connectivity index (χ4v) is 4.96. The lowest BCUT2D eigenvalue weighted by molar-refractivity contribution is -0.113. The van der Waals surface area contributed by atoms with E-state index in [-0.39, 0.29) is 11.7 Å². The minimum atomic E-state index is -0.139. The number of rotatable bonds is 9. The average Bonchev–Trinajstić information content (AvgIpc) is 3.47. The molecule has 0 radical (unpaired) electrons. The Kier molecular flexibility index (Phi) is 7.67. The second kappa shape index (κ2) is 10.9. The van der Waals surface area contributed by atoms with Crippen LogP contribution in [0.5, 0.6) is 0 Å². The van der Waals surface area contributed by atoms with Crippen LogP contribution in [-0.2, 0) is 11.3 Å². The van der Waals surface area contributed by atoms with Gasteiger partial charge in [0.1, 0.15) is 0 Å². The molecule has 2 aromatic heterocycles. The molecule has 1 amide bonds. The lowest BCUT2D eigenvalue weighted by atomic mass is 10.1. The molecule has 4 aromatic rings. The molecule has 0 spiro atoms. The topological polar surface area (TPSA) is 75.9 Å². The highest BCUT2D eigenvalue weighted by molar-refractivity contribution is 7.99. The molecule has 0 saturated carbocycles. The minimum absolute atomic E-state index is 0.139. The maximum absolute atomic E-state index is 12.6. The Morgan fingerprint density at radius 3 is 2.71 bits per heavy atom. The highest BCUT2D eigenvalue weighted by Gasteiger charge is 2.16. The maximum Gasteiger partial charge on any atom is 0.236 e. The van der Waals surface area contributed by atoms with Crippen LogP contribution < -0.4 is 10.2 Å². The highest BCUT2D eigenvalue weighted by atomic mass is 32.2. The van der Waals surface area contributed by atoms with Gasteiger partial charge in [-0.3, -0.25) is 9.36 Å². The minimum Gasteiger partial charge on any atom is -0.378 e. The number of carbonyl (C=O) groups is 1. The molecular formula is C26H28N6OS2. The van der Waals surface area contributed by atoms with Crippen molar-refractivity contribution in [3.63, 3.8) is 0 Å². The van der Waals surface area contributed by atoms with E-state index in [0.29, 0.717) is 16.8 Å². The summed E-state index contributed by atoms with van der Waals surface area (Å²) in [6, 6.07) is 14.4. The van der Waals surface area contributed by atoms with Crippen molar-refractivity contribution in [3.05, 3.63) is 71.6 Å². The molecule has 4 rings (SSSR count). The summed E-state index contributed by atoms with van der Waals surface area (Å²) < 4.78 is 1.97. The van der Waals surface area contributed by atoms with Crippen molar-refractivity contribution in [3.8, 4) is 22.6 Å². The first kappa shape index (κ1) is 24.7. The number of benzene rings is 2. The summed E-state index contributed by atoms with van der Waals surface area (Å²) in [6.07, 6.45) is 1.80. The zero-order chi connectivity index (χ0) is 24.9. The number of amides is 1. The maximum atomic E-state index is 12.6. The third-order valence-corrected chi connectivity index (χ3v) is 7.26. The van der Waals surface area contributed by atoms with Gasteiger partial charge in [0, 0.05) is 42.8 Å². The molecule has 9 heteroatoms. The van der Waals surface area contributed by atoms with Gasteiger partial charge < -0.3 is 10.2 Å². The Labute approximate surface area is 213 Å². The van der Waals surface area contributed by atoms with Crippen LogP contribution in [0.1, 0.15) is 11.1 Å². The molecule has 0 aliphatic rings. The van der Waals surface area contributed by atoms with E-state index in [2.05, 4.69) is 65.2 Å². The predicted molar refractivity (Wildman–Crippen MR) is 146 cm³/mol. The standard InChI is InChI=1S/C26H28N6OS2/c1-6-12-32-24(20-8-7-9-21(14-20)31(4)5)29-30-26(32)35-16-23(33)28-25-27-22(15-34-25)19-11-10-17(2)18(3)13-19/h6-11,13-15H,1,12,16H2,2-5H3,(H,27,28,33). The summed E-state index contributed by atoms with van der Waals surface area (Å²) >= 11 is 2.76. The number of nitrogens with one attached hydrogen (secondary N) is 1. The van der Waals surface area contributed by atoms with Crippen molar-refractivity contribution in [1.82, 2.24) is 19.7 Å². The second-order valence-electron chi connectivity index (χ2n) is 8.32.